The largest absolute Gasteiger partial charge is 0.345 e. The summed E-state index contributed by atoms with van der Waals surface area (Å²) in [5, 5.41) is 11.0. The number of hydrogen-bond acceptors (Lipinski definition) is 3. The standard InChI is InChI=1S/C14H22N4O.ClH/c1-13(2,3)18-9-10-8-14(4-6-15-7-5-14)16-12(19)11(10)17-18;/h9,15H,4-8H2,1-3H3,(H,16,19);1H. The van der Waals surface area contributed by atoms with Crippen molar-refractivity contribution in [1.29, 1.82) is 0 Å². The number of hydrogen-bond donors (Lipinski definition) is 2. The lowest BCUT2D eigenvalue weighted by Crippen LogP contribution is -2.58. The van der Waals surface area contributed by atoms with Crippen LogP contribution < -0.4 is 10.6 Å². The molecule has 1 aromatic heterocycles. The highest BCUT2D eigenvalue weighted by Gasteiger charge is 2.40. The zero-order chi connectivity index (χ0) is 13.7. The van der Waals surface area contributed by atoms with E-state index < -0.39 is 0 Å². The molecule has 1 fully saturated rings. The molecule has 3 heterocycles. The SMILES string of the molecule is CC(C)(C)n1cc2c(n1)C(=O)NC1(CCNCC1)C2.Cl. The number of halogens is 1. The fraction of sp³-hybridized carbons (Fsp3) is 0.714. The Balaban J connectivity index is 0.00000147. The van der Waals surface area contributed by atoms with Gasteiger partial charge in [-0.05, 0) is 53.1 Å². The van der Waals surface area contributed by atoms with Gasteiger partial charge in [0.1, 0.15) is 0 Å². The number of carbonyl (C=O) groups excluding carboxylic acids is 1. The molecule has 1 saturated heterocycles. The maximum absolute atomic E-state index is 12.3. The van der Waals surface area contributed by atoms with E-state index >= 15 is 0 Å². The zero-order valence-corrected chi connectivity index (χ0v) is 13.1. The van der Waals surface area contributed by atoms with Crippen molar-refractivity contribution in [3.63, 3.8) is 0 Å². The summed E-state index contributed by atoms with van der Waals surface area (Å²) < 4.78 is 1.91. The number of aromatic nitrogens is 2. The van der Waals surface area contributed by atoms with Crippen molar-refractivity contribution in [2.75, 3.05) is 13.1 Å². The predicted octanol–water partition coefficient (Wildman–Crippen LogP) is 1.47. The lowest BCUT2D eigenvalue weighted by atomic mass is 9.80. The number of nitrogens with zero attached hydrogens (tertiary/aromatic N) is 2. The first-order valence-electron chi connectivity index (χ1n) is 7.02. The van der Waals surface area contributed by atoms with E-state index in [4.69, 9.17) is 0 Å². The minimum absolute atomic E-state index is 0. The van der Waals surface area contributed by atoms with E-state index in [1.54, 1.807) is 0 Å². The first-order chi connectivity index (χ1) is 8.90. The van der Waals surface area contributed by atoms with E-state index in [-0.39, 0.29) is 29.4 Å². The Morgan fingerprint density at radius 1 is 1.30 bits per heavy atom. The molecular weight excluding hydrogens is 276 g/mol. The smallest absolute Gasteiger partial charge is 0.272 e. The second kappa shape index (κ2) is 5.04. The third-order valence-corrected chi connectivity index (χ3v) is 4.16. The molecule has 20 heavy (non-hydrogen) atoms. The average Bonchev–Trinajstić information content (AvgIpc) is 2.73. The highest BCUT2D eigenvalue weighted by Crippen LogP contribution is 2.30. The lowest BCUT2D eigenvalue weighted by Gasteiger charge is -2.40. The average molecular weight is 299 g/mol. The molecule has 6 heteroatoms. The molecular formula is C14H23ClN4O. The van der Waals surface area contributed by atoms with E-state index in [0.717, 1.165) is 37.9 Å². The quantitative estimate of drug-likeness (QED) is 0.762. The van der Waals surface area contributed by atoms with Crippen LogP contribution in [0.5, 0.6) is 0 Å². The van der Waals surface area contributed by atoms with Crippen molar-refractivity contribution >= 4 is 18.3 Å². The molecule has 2 aliphatic rings. The summed E-state index contributed by atoms with van der Waals surface area (Å²) in [6, 6.07) is 0. The van der Waals surface area contributed by atoms with Crippen molar-refractivity contribution in [2.45, 2.75) is 51.1 Å². The fourth-order valence-electron chi connectivity index (χ4n) is 2.99. The Morgan fingerprint density at radius 2 is 1.95 bits per heavy atom. The Labute approximate surface area is 125 Å². The van der Waals surface area contributed by atoms with Gasteiger partial charge in [0.25, 0.3) is 5.91 Å². The second-order valence-electron chi connectivity index (χ2n) is 6.78. The molecule has 0 aliphatic carbocycles. The molecule has 0 bridgehead atoms. The van der Waals surface area contributed by atoms with Crippen molar-refractivity contribution in [3.8, 4) is 0 Å². The Hall–Kier alpha value is -1.07. The van der Waals surface area contributed by atoms with Crippen LogP contribution in [0.4, 0.5) is 0 Å². The van der Waals surface area contributed by atoms with Gasteiger partial charge >= 0.3 is 0 Å². The number of carbonyl (C=O) groups is 1. The molecule has 0 atom stereocenters. The molecule has 0 unspecified atom stereocenters. The Bertz CT molecular complexity index is 512. The first kappa shape index (κ1) is 15.3. The van der Waals surface area contributed by atoms with Gasteiger partial charge in [0, 0.05) is 17.3 Å². The van der Waals surface area contributed by atoms with Crippen molar-refractivity contribution < 1.29 is 4.79 Å². The van der Waals surface area contributed by atoms with Crippen LogP contribution >= 0.6 is 12.4 Å². The molecule has 0 radical (unpaired) electrons. The Morgan fingerprint density at radius 3 is 2.55 bits per heavy atom. The summed E-state index contributed by atoms with van der Waals surface area (Å²) in [6.07, 6.45) is 4.96. The second-order valence-corrected chi connectivity index (χ2v) is 6.78. The highest BCUT2D eigenvalue weighted by atomic mass is 35.5. The van der Waals surface area contributed by atoms with Gasteiger partial charge in [0.05, 0.1) is 5.54 Å². The van der Waals surface area contributed by atoms with E-state index in [1.807, 2.05) is 4.68 Å². The van der Waals surface area contributed by atoms with Gasteiger partial charge in [-0.3, -0.25) is 9.48 Å². The maximum Gasteiger partial charge on any atom is 0.272 e. The van der Waals surface area contributed by atoms with Crippen LogP contribution in [0.3, 0.4) is 0 Å². The number of fused-ring (bicyclic) bond motifs is 1. The van der Waals surface area contributed by atoms with Crippen LogP contribution in [0.2, 0.25) is 0 Å². The molecule has 1 amide bonds. The summed E-state index contributed by atoms with van der Waals surface area (Å²) in [5.74, 6) is -0.00819. The third-order valence-electron chi connectivity index (χ3n) is 4.16. The molecule has 1 aromatic rings. The van der Waals surface area contributed by atoms with Crippen molar-refractivity contribution in [3.05, 3.63) is 17.5 Å². The van der Waals surface area contributed by atoms with Gasteiger partial charge in [-0.25, -0.2) is 0 Å². The van der Waals surface area contributed by atoms with Gasteiger partial charge in [-0.2, -0.15) is 5.10 Å². The molecule has 5 nitrogen and oxygen atoms in total. The normalized spacial score (nSPS) is 21.1. The van der Waals surface area contributed by atoms with E-state index in [0.29, 0.717) is 5.69 Å². The Kier molecular flexibility index (Phi) is 3.86. The van der Waals surface area contributed by atoms with Crippen LogP contribution in [0.25, 0.3) is 0 Å². The van der Waals surface area contributed by atoms with Crippen LogP contribution in [-0.4, -0.2) is 34.3 Å². The maximum atomic E-state index is 12.3. The van der Waals surface area contributed by atoms with Gasteiger partial charge in [-0.15, -0.1) is 12.4 Å². The summed E-state index contributed by atoms with van der Waals surface area (Å²) in [5.41, 5.74) is 1.57. The highest BCUT2D eigenvalue weighted by molar-refractivity contribution is 5.95. The van der Waals surface area contributed by atoms with Gasteiger partial charge < -0.3 is 10.6 Å². The summed E-state index contributed by atoms with van der Waals surface area (Å²) in [6.45, 7) is 8.25. The number of rotatable bonds is 0. The molecule has 112 valence electrons. The summed E-state index contributed by atoms with van der Waals surface area (Å²) in [7, 11) is 0. The van der Waals surface area contributed by atoms with Gasteiger partial charge in [0.15, 0.2) is 5.69 Å². The van der Waals surface area contributed by atoms with Crippen LogP contribution in [-0.2, 0) is 12.0 Å². The summed E-state index contributed by atoms with van der Waals surface area (Å²) >= 11 is 0. The van der Waals surface area contributed by atoms with Crippen LogP contribution in [0, 0.1) is 0 Å². The molecule has 3 rings (SSSR count). The monoisotopic (exact) mass is 298 g/mol. The molecule has 1 spiro atoms. The topological polar surface area (TPSA) is 59.0 Å². The number of amides is 1. The van der Waals surface area contributed by atoms with E-state index in [9.17, 15) is 4.79 Å². The van der Waals surface area contributed by atoms with Gasteiger partial charge in [0.2, 0.25) is 0 Å². The van der Waals surface area contributed by atoms with Crippen LogP contribution in [0.1, 0.15) is 49.7 Å². The lowest BCUT2D eigenvalue weighted by molar-refractivity contribution is 0.0845. The molecule has 2 N–H and O–H groups in total. The van der Waals surface area contributed by atoms with E-state index in [2.05, 4.69) is 42.7 Å². The molecule has 2 aliphatic heterocycles. The zero-order valence-electron chi connectivity index (χ0n) is 12.3. The number of nitrogens with one attached hydrogen (secondary N) is 2. The number of piperidine rings is 1. The minimum atomic E-state index is -0.0844. The summed E-state index contributed by atoms with van der Waals surface area (Å²) in [4.78, 5) is 12.3. The minimum Gasteiger partial charge on any atom is -0.345 e. The first-order valence-corrected chi connectivity index (χ1v) is 7.02. The molecule has 0 aromatic carbocycles. The predicted molar refractivity (Wildman–Crippen MR) is 80.5 cm³/mol. The van der Waals surface area contributed by atoms with Crippen molar-refractivity contribution in [1.82, 2.24) is 20.4 Å². The molecule has 0 saturated carbocycles. The van der Waals surface area contributed by atoms with Gasteiger partial charge in [-0.1, -0.05) is 0 Å². The third kappa shape index (κ3) is 2.56. The fourth-order valence-corrected chi connectivity index (χ4v) is 2.99. The van der Waals surface area contributed by atoms with Crippen LogP contribution in [0.15, 0.2) is 6.20 Å². The van der Waals surface area contributed by atoms with Crippen molar-refractivity contribution in [2.24, 2.45) is 0 Å². The van der Waals surface area contributed by atoms with E-state index in [1.165, 1.54) is 0 Å².